The minimum Gasteiger partial charge on any atom is -0.481 e. The first-order valence-corrected chi connectivity index (χ1v) is 12.3. The number of hydrogen-bond donors (Lipinski definition) is 1. The summed E-state index contributed by atoms with van der Waals surface area (Å²) in [6.07, 6.45) is 9.27. The smallest absolute Gasteiger partial charge is 0.270 e. The van der Waals surface area contributed by atoms with Crippen LogP contribution in [0.2, 0.25) is 0 Å². The lowest BCUT2D eigenvalue weighted by atomic mass is 10.0. The topological polar surface area (TPSA) is 94.3 Å². The average Bonchev–Trinajstić information content (AvgIpc) is 3.23. The molecule has 2 aliphatic heterocycles. The highest BCUT2D eigenvalue weighted by atomic mass is 79.9. The Morgan fingerprint density at radius 3 is 2.79 bits per heavy atom. The van der Waals surface area contributed by atoms with Crippen molar-refractivity contribution < 1.29 is 4.74 Å². The molecule has 0 aliphatic carbocycles. The molecule has 0 saturated carbocycles. The van der Waals surface area contributed by atoms with E-state index in [0.717, 1.165) is 49.1 Å². The molecule has 1 saturated heterocycles. The zero-order chi connectivity index (χ0) is 23.7. The second-order valence-electron chi connectivity index (χ2n) is 8.75. The standard InChI is InChI=1S/C24H27BrN6O3/c1-34-23-16(11-17(25)12-28-23)3-2-8-26-18-6-9-29(10-7-18)14-19-15-30-21(32)5-4-20-24(30)31(19)22(33)13-27-20/h2-5,11-13,18-19,26H,6-10,14-15H2,1H3. The van der Waals surface area contributed by atoms with Crippen molar-refractivity contribution in [3.63, 3.8) is 0 Å². The van der Waals surface area contributed by atoms with Crippen LogP contribution in [0.25, 0.3) is 17.2 Å². The molecule has 1 atom stereocenters. The molecular weight excluding hydrogens is 500 g/mol. The fraction of sp³-hybridized carbons (Fsp3) is 0.417. The Bertz CT molecular complexity index is 1340. The van der Waals surface area contributed by atoms with E-state index >= 15 is 0 Å². The lowest BCUT2D eigenvalue weighted by Crippen LogP contribution is -2.44. The van der Waals surface area contributed by atoms with Gasteiger partial charge in [-0.25, -0.2) is 9.97 Å². The van der Waals surface area contributed by atoms with Gasteiger partial charge in [0.1, 0.15) is 11.2 Å². The molecule has 178 valence electrons. The Labute approximate surface area is 205 Å². The van der Waals surface area contributed by atoms with Crippen LogP contribution < -0.4 is 21.2 Å². The van der Waals surface area contributed by atoms with Crippen LogP contribution >= 0.6 is 15.9 Å². The molecule has 0 spiro atoms. The van der Waals surface area contributed by atoms with Crippen LogP contribution in [0.3, 0.4) is 0 Å². The molecular formula is C24H27BrN6O3. The number of halogens is 1. The summed E-state index contributed by atoms with van der Waals surface area (Å²) in [6.45, 7) is 3.95. The maximum absolute atomic E-state index is 12.6. The highest BCUT2D eigenvalue weighted by molar-refractivity contribution is 9.10. The summed E-state index contributed by atoms with van der Waals surface area (Å²) in [7, 11) is 1.62. The van der Waals surface area contributed by atoms with Crippen LogP contribution in [-0.4, -0.2) is 63.3 Å². The predicted octanol–water partition coefficient (Wildman–Crippen LogP) is 2.05. The van der Waals surface area contributed by atoms with Crippen LogP contribution in [0.4, 0.5) is 0 Å². The molecule has 0 radical (unpaired) electrons. The molecule has 9 nitrogen and oxygen atoms in total. The minimum atomic E-state index is -0.144. The van der Waals surface area contributed by atoms with Crippen molar-refractivity contribution in [2.45, 2.75) is 31.5 Å². The lowest BCUT2D eigenvalue weighted by Gasteiger charge is -2.34. The summed E-state index contributed by atoms with van der Waals surface area (Å²) in [5, 5.41) is 3.61. The third-order valence-corrected chi connectivity index (χ3v) is 7.02. The van der Waals surface area contributed by atoms with Gasteiger partial charge in [0.05, 0.1) is 19.3 Å². The maximum Gasteiger partial charge on any atom is 0.270 e. The van der Waals surface area contributed by atoms with Gasteiger partial charge in [0.2, 0.25) is 5.88 Å². The van der Waals surface area contributed by atoms with E-state index in [-0.39, 0.29) is 17.2 Å². The Morgan fingerprint density at radius 2 is 2.00 bits per heavy atom. The number of rotatable bonds is 7. The Morgan fingerprint density at radius 1 is 1.18 bits per heavy atom. The van der Waals surface area contributed by atoms with Crippen molar-refractivity contribution in [1.29, 1.82) is 0 Å². The molecule has 1 N–H and O–H groups in total. The summed E-state index contributed by atoms with van der Waals surface area (Å²) in [6, 6.07) is 5.61. The van der Waals surface area contributed by atoms with Gasteiger partial charge < -0.3 is 15.0 Å². The van der Waals surface area contributed by atoms with Gasteiger partial charge in [-0.15, -0.1) is 0 Å². The van der Waals surface area contributed by atoms with Crippen molar-refractivity contribution in [2.75, 3.05) is 33.3 Å². The van der Waals surface area contributed by atoms with E-state index in [4.69, 9.17) is 4.74 Å². The number of nitrogens with one attached hydrogen (secondary N) is 1. The monoisotopic (exact) mass is 526 g/mol. The largest absolute Gasteiger partial charge is 0.481 e. The zero-order valence-electron chi connectivity index (χ0n) is 19.0. The van der Waals surface area contributed by atoms with E-state index in [1.807, 2.05) is 12.1 Å². The SMILES string of the molecule is COc1ncc(Br)cc1C=CCNC1CCN(CC2Cn3c(=O)ccc4ncc(=O)n2c43)CC1. The van der Waals surface area contributed by atoms with E-state index in [0.29, 0.717) is 29.6 Å². The number of pyridine rings is 2. The first-order chi connectivity index (χ1) is 16.5. The van der Waals surface area contributed by atoms with Crippen molar-refractivity contribution in [1.82, 2.24) is 29.3 Å². The summed E-state index contributed by atoms with van der Waals surface area (Å²) >= 11 is 3.45. The number of likely N-dealkylation sites (tertiary alicyclic amines) is 1. The molecule has 5 heterocycles. The first-order valence-electron chi connectivity index (χ1n) is 11.5. The van der Waals surface area contributed by atoms with Crippen LogP contribution in [0.15, 0.2) is 50.7 Å². The minimum absolute atomic E-state index is 0.0469. The summed E-state index contributed by atoms with van der Waals surface area (Å²) in [5.74, 6) is 0.606. The van der Waals surface area contributed by atoms with Gasteiger partial charge in [-0.05, 0) is 54.0 Å². The van der Waals surface area contributed by atoms with Crippen LogP contribution in [0.5, 0.6) is 5.88 Å². The molecule has 34 heavy (non-hydrogen) atoms. The van der Waals surface area contributed by atoms with Gasteiger partial charge in [-0.3, -0.25) is 18.7 Å². The van der Waals surface area contributed by atoms with Crippen LogP contribution in [0, 0.1) is 0 Å². The first kappa shape index (κ1) is 22.9. The second kappa shape index (κ2) is 9.81. The fourth-order valence-electron chi connectivity index (χ4n) is 4.93. The molecule has 0 amide bonds. The van der Waals surface area contributed by atoms with E-state index in [1.54, 1.807) is 28.5 Å². The third-order valence-electron chi connectivity index (χ3n) is 6.59. The number of hydrogen-bond acceptors (Lipinski definition) is 7. The summed E-state index contributed by atoms with van der Waals surface area (Å²) in [5.41, 5.74) is 2.04. The molecule has 3 aromatic heterocycles. The van der Waals surface area contributed by atoms with Gasteiger partial charge in [0, 0.05) is 48.0 Å². The van der Waals surface area contributed by atoms with Crippen molar-refractivity contribution in [3.05, 3.63) is 67.4 Å². The zero-order valence-corrected chi connectivity index (χ0v) is 20.6. The number of piperidine rings is 1. The molecule has 5 rings (SSSR count). The molecule has 1 unspecified atom stereocenters. The number of nitrogens with zero attached hydrogens (tertiary/aromatic N) is 5. The normalized spacial score (nSPS) is 18.8. The summed E-state index contributed by atoms with van der Waals surface area (Å²) < 4.78 is 9.67. The van der Waals surface area contributed by atoms with E-state index in [1.165, 1.54) is 12.3 Å². The van der Waals surface area contributed by atoms with Crippen molar-refractivity contribution >= 4 is 33.2 Å². The molecule has 2 aliphatic rings. The third kappa shape index (κ3) is 4.57. The predicted molar refractivity (Wildman–Crippen MR) is 134 cm³/mol. The van der Waals surface area contributed by atoms with Gasteiger partial charge in [0.15, 0.2) is 0 Å². The van der Waals surface area contributed by atoms with Gasteiger partial charge >= 0.3 is 0 Å². The summed E-state index contributed by atoms with van der Waals surface area (Å²) in [4.78, 5) is 35.8. The number of ether oxygens (including phenoxy) is 1. The van der Waals surface area contributed by atoms with Crippen LogP contribution in [-0.2, 0) is 6.54 Å². The Kier molecular flexibility index (Phi) is 6.62. The Hall–Kier alpha value is -2.82. The highest BCUT2D eigenvalue weighted by Crippen LogP contribution is 2.24. The highest BCUT2D eigenvalue weighted by Gasteiger charge is 2.29. The Balaban J connectivity index is 1.15. The van der Waals surface area contributed by atoms with E-state index < -0.39 is 0 Å². The number of methoxy groups -OCH3 is 1. The van der Waals surface area contributed by atoms with Gasteiger partial charge in [-0.1, -0.05) is 12.2 Å². The van der Waals surface area contributed by atoms with Crippen molar-refractivity contribution in [3.8, 4) is 5.88 Å². The average molecular weight is 527 g/mol. The van der Waals surface area contributed by atoms with Gasteiger partial charge in [0.25, 0.3) is 11.1 Å². The van der Waals surface area contributed by atoms with Crippen molar-refractivity contribution in [2.24, 2.45) is 0 Å². The lowest BCUT2D eigenvalue weighted by molar-refractivity contribution is 0.173. The van der Waals surface area contributed by atoms with E-state index in [9.17, 15) is 9.59 Å². The van der Waals surface area contributed by atoms with Crippen LogP contribution in [0.1, 0.15) is 24.4 Å². The molecule has 1 fully saturated rings. The molecule has 3 aromatic rings. The number of aromatic nitrogens is 4. The quantitative estimate of drug-likeness (QED) is 0.503. The van der Waals surface area contributed by atoms with Gasteiger partial charge in [-0.2, -0.15) is 0 Å². The van der Waals surface area contributed by atoms with E-state index in [2.05, 4.69) is 42.2 Å². The maximum atomic E-state index is 12.6. The fourth-order valence-corrected chi connectivity index (χ4v) is 5.28. The second-order valence-corrected chi connectivity index (χ2v) is 9.66. The molecule has 0 bridgehead atoms. The molecule has 10 heteroatoms. The molecule has 0 aromatic carbocycles.